The molecular weight excluding hydrogens is 308 g/mol. The molecule has 1 aromatic carbocycles. The Balaban J connectivity index is 1.61. The van der Waals surface area contributed by atoms with E-state index in [0.717, 1.165) is 18.8 Å². The van der Waals surface area contributed by atoms with E-state index in [-0.39, 0.29) is 12.3 Å². The predicted molar refractivity (Wildman–Crippen MR) is 89.7 cm³/mol. The number of carbonyl (C=O) groups excluding carboxylic acids is 1. The van der Waals surface area contributed by atoms with Gasteiger partial charge >= 0.3 is 5.97 Å². The van der Waals surface area contributed by atoms with E-state index < -0.39 is 23.9 Å². The van der Waals surface area contributed by atoms with Crippen LogP contribution in [0.25, 0.3) is 0 Å². The van der Waals surface area contributed by atoms with Crippen molar-refractivity contribution in [2.24, 2.45) is 11.8 Å². The summed E-state index contributed by atoms with van der Waals surface area (Å²) in [4.78, 5) is 28.3. The summed E-state index contributed by atoms with van der Waals surface area (Å²) in [5, 5.41) is 19.1. The van der Waals surface area contributed by atoms with Crippen LogP contribution >= 0.6 is 0 Å². The van der Waals surface area contributed by atoms with Gasteiger partial charge in [-0.25, -0.2) is 0 Å². The highest BCUT2D eigenvalue weighted by atomic mass is 16.4. The van der Waals surface area contributed by atoms with E-state index in [1.54, 1.807) is 4.90 Å². The van der Waals surface area contributed by atoms with Crippen LogP contribution in [0.15, 0.2) is 30.3 Å². The summed E-state index contributed by atoms with van der Waals surface area (Å²) < 4.78 is 0. The Labute approximate surface area is 141 Å². The number of benzene rings is 1. The van der Waals surface area contributed by atoms with Crippen LogP contribution in [0.5, 0.6) is 0 Å². The highest BCUT2D eigenvalue weighted by Crippen LogP contribution is 2.32. The number of aliphatic hydroxyl groups excluding tert-OH is 1. The standard InChI is InChI=1S/C18H24N2O4/c21-14-6-7-15(16(12-14)18(23)24)17(22)20-10-8-19(9-11-20)13-4-2-1-3-5-13/h1-5,14-16,21H,6-12H2,(H,23,24)/t14-,15-,16-/m0/s1. The molecule has 0 aromatic heterocycles. The van der Waals surface area contributed by atoms with E-state index >= 15 is 0 Å². The molecule has 0 bridgehead atoms. The van der Waals surface area contributed by atoms with Gasteiger partial charge in [0.05, 0.1) is 17.9 Å². The number of nitrogens with zero attached hydrogens (tertiary/aromatic N) is 2. The number of carboxylic acids is 1. The first kappa shape index (κ1) is 16.8. The fraction of sp³-hybridized carbons (Fsp3) is 0.556. The summed E-state index contributed by atoms with van der Waals surface area (Å²) >= 11 is 0. The van der Waals surface area contributed by atoms with Crippen molar-refractivity contribution in [1.29, 1.82) is 0 Å². The van der Waals surface area contributed by atoms with Crippen molar-refractivity contribution in [1.82, 2.24) is 4.90 Å². The van der Waals surface area contributed by atoms with Crippen LogP contribution in [-0.4, -0.2) is 59.3 Å². The number of hydrogen-bond donors (Lipinski definition) is 2. The Hall–Kier alpha value is -2.08. The minimum atomic E-state index is -0.977. The first-order valence-corrected chi connectivity index (χ1v) is 8.56. The average Bonchev–Trinajstić information content (AvgIpc) is 2.62. The highest BCUT2D eigenvalue weighted by molar-refractivity contribution is 5.85. The maximum Gasteiger partial charge on any atom is 0.307 e. The number of hydrogen-bond acceptors (Lipinski definition) is 4. The number of carboxylic acid groups (broad SMARTS) is 1. The van der Waals surface area contributed by atoms with Crippen LogP contribution in [0.1, 0.15) is 19.3 Å². The number of aliphatic carboxylic acids is 1. The van der Waals surface area contributed by atoms with E-state index in [0.29, 0.717) is 25.9 Å². The zero-order valence-electron chi connectivity index (χ0n) is 13.7. The largest absolute Gasteiger partial charge is 0.481 e. The molecule has 1 saturated carbocycles. The molecule has 1 aromatic rings. The molecule has 2 N–H and O–H groups in total. The molecule has 3 atom stereocenters. The van der Waals surface area contributed by atoms with Gasteiger partial charge in [0.1, 0.15) is 0 Å². The molecule has 1 saturated heterocycles. The van der Waals surface area contributed by atoms with E-state index in [2.05, 4.69) is 17.0 Å². The lowest BCUT2D eigenvalue weighted by Gasteiger charge is -2.39. The third-order valence-corrected chi connectivity index (χ3v) is 5.17. The fourth-order valence-corrected chi connectivity index (χ4v) is 3.78. The summed E-state index contributed by atoms with van der Waals surface area (Å²) in [5.74, 6) is -2.32. The molecule has 6 nitrogen and oxygen atoms in total. The summed E-state index contributed by atoms with van der Waals surface area (Å²) in [6.45, 7) is 2.73. The van der Waals surface area contributed by atoms with Crippen LogP contribution < -0.4 is 4.90 Å². The Morgan fingerprint density at radius 3 is 2.25 bits per heavy atom. The SMILES string of the molecule is O=C(O)[C@H]1C[C@@H](O)CC[C@@H]1C(=O)N1CCN(c2ccccc2)CC1. The fourth-order valence-electron chi connectivity index (χ4n) is 3.78. The second-order valence-electron chi connectivity index (χ2n) is 6.67. The minimum Gasteiger partial charge on any atom is -0.481 e. The molecule has 2 aliphatic rings. The second-order valence-corrected chi connectivity index (χ2v) is 6.67. The van der Waals surface area contributed by atoms with E-state index in [1.165, 1.54) is 0 Å². The van der Waals surface area contributed by atoms with Gasteiger partial charge in [-0.2, -0.15) is 0 Å². The third kappa shape index (κ3) is 3.53. The van der Waals surface area contributed by atoms with E-state index in [4.69, 9.17) is 0 Å². The van der Waals surface area contributed by atoms with E-state index in [9.17, 15) is 19.8 Å². The zero-order valence-corrected chi connectivity index (χ0v) is 13.7. The van der Waals surface area contributed by atoms with Gasteiger partial charge in [0.15, 0.2) is 0 Å². The minimum absolute atomic E-state index is 0.0676. The molecule has 0 spiro atoms. The first-order chi connectivity index (χ1) is 11.6. The smallest absolute Gasteiger partial charge is 0.307 e. The van der Waals surface area contributed by atoms with Crippen molar-refractivity contribution in [2.75, 3.05) is 31.1 Å². The second kappa shape index (κ2) is 7.21. The Morgan fingerprint density at radius 1 is 0.958 bits per heavy atom. The Bertz CT molecular complexity index is 584. The molecule has 2 fully saturated rings. The predicted octanol–water partition coefficient (Wildman–Crippen LogP) is 1.20. The number of para-hydroxylation sites is 1. The van der Waals surface area contributed by atoms with Crippen LogP contribution in [0.4, 0.5) is 5.69 Å². The molecule has 1 heterocycles. The lowest BCUT2D eigenvalue weighted by Crippen LogP contribution is -2.52. The number of piperazine rings is 1. The van der Waals surface area contributed by atoms with Gasteiger partial charge < -0.3 is 20.0 Å². The molecule has 1 amide bonds. The average molecular weight is 332 g/mol. The van der Waals surface area contributed by atoms with Crippen molar-refractivity contribution in [3.63, 3.8) is 0 Å². The Kier molecular flexibility index (Phi) is 5.04. The van der Waals surface area contributed by atoms with Crippen molar-refractivity contribution in [2.45, 2.75) is 25.4 Å². The summed E-state index contributed by atoms with van der Waals surface area (Å²) in [6, 6.07) is 10.1. The number of amides is 1. The van der Waals surface area contributed by atoms with E-state index in [1.807, 2.05) is 18.2 Å². The molecule has 1 aliphatic heterocycles. The van der Waals surface area contributed by atoms with Crippen molar-refractivity contribution in [3.8, 4) is 0 Å². The topological polar surface area (TPSA) is 81.1 Å². The van der Waals surface area contributed by atoms with Gasteiger partial charge in [0.25, 0.3) is 0 Å². The molecule has 3 rings (SSSR count). The first-order valence-electron chi connectivity index (χ1n) is 8.56. The molecule has 130 valence electrons. The molecule has 0 unspecified atom stereocenters. The number of rotatable bonds is 3. The molecule has 24 heavy (non-hydrogen) atoms. The maximum atomic E-state index is 12.8. The normalized spacial score (nSPS) is 27.8. The van der Waals surface area contributed by atoms with Crippen molar-refractivity contribution in [3.05, 3.63) is 30.3 Å². The van der Waals surface area contributed by atoms with Gasteiger partial charge in [-0.3, -0.25) is 9.59 Å². The highest BCUT2D eigenvalue weighted by Gasteiger charge is 2.41. The monoisotopic (exact) mass is 332 g/mol. The van der Waals surface area contributed by atoms with Crippen LogP contribution in [0.2, 0.25) is 0 Å². The zero-order chi connectivity index (χ0) is 17.1. The van der Waals surface area contributed by atoms with Crippen LogP contribution in [0.3, 0.4) is 0 Å². The van der Waals surface area contributed by atoms with Gasteiger partial charge in [0.2, 0.25) is 5.91 Å². The van der Waals surface area contributed by atoms with Crippen LogP contribution in [-0.2, 0) is 9.59 Å². The lowest BCUT2D eigenvalue weighted by atomic mass is 9.77. The lowest BCUT2D eigenvalue weighted by molar-refractivity contribution is -0.154. The van der Waals surface area contributed by atoms with Gasteiger partial charge in [-0.1, -0.05) is 18.2 Å². The quantitative estimate of drug-likeness (QED) is 0.869. The summed E-state index contributed by atoms with van der Waals surface area (Å²) in [6.07, 6.45) is 0.528. The van der Waals surface area contributed by atoms with Crippen LogP contribution in [0, 0.1) is 11.8 Å². The Morgan fingerprint density at radius 2 is 1.62 bits per heavy atom. The van der Waals surface area contributed by atoms with Gasteiger partial charge in [0, 0.05) is 31.9 Å². The number of aliphatic hydroxyl groups is 1. The van der Waals surface area contributed by atoms with Gasteiger partial charge in [-0.15, -0.1) is 0 Å². The van der Waals surface area contributed by atoms with Crippen molar-refractivity contribution >= 4 is 17.6 Å². The molecule has 6 heteroatoms. The summed E-state index contributed by atoms with van der Waals surface area (Å²) in [5.41, 5.74) is 1.15. The molecular formula is C18H24N2O4. The molecule has 0 radical (unpaired) electrons. The third-order valence-electron chi connectivity index (χ3n) is 5.17. The van der Waals surface area contributed by atoms with Crippen molar-refractivity contribution < 1.29 is 19.8 Å². The summed E-state index contributed by atoms with van der Waals surface area (Å²) in [7, 11) is 0. The number of anilines is 1. The number of carbonyl (C=O) groups is 2. The molecule has 1 aliphatic carbocycles. The van der Waals surface area contributed by atoms with Gasteiger partial charge in [-0.05, 0) is 31.4 Å². The maximum absolute atomic E-state index is 12.8.